The zero-order valence-corrected chi connectivity index (χ0v) is 11.5. The number of carbonyl (C=O) groups excluding carboxylic acids is 1. The van der Waals surface area contributed by atoms with Gasteiger partial charge in [-0.2, -0.15) is 0 Å². The zero-order valence-electron chi connectivity index (χ0n) is 11.5. The summed E-state index contributed by atoms with van der Waals surface area (Å²) in [5, 5.41) is 2.83. The molecular formula is C16H19N3O. The number of aryl methyl sites for hydroxylation is 1. The monoisotopic (exact) mass is 269 g/mol. The van der Waals surface area contributed by atoms with Crippen LogP contribution in [0.3, 0.4) is 0 Å². The molecule has 1 amide bonds. The Hall–Kier alpha value is -2.49. The molecule has 20 heavy (non-hydrogen) atoms. The summed E-state index contributed by atoms with van der Waals surface area (Å²) in [4.78, 5) is 12.1. The molecular weight excluding hydrogens is 250 g/mol. The van der Waals surface area contributed by atoms with E-state index in [1.54, 1.807) is 18.2 Å². The lowest BCUT2D eigenvalue weighted by atomic mass is 10.1. The van der Waals surface area contributed by atoms with Gasteiger partial charge in [0, 0.05) is 22.6 Å². The second-order valence-electron chi connectivity index (χ2n) is 4.79. The number of nitrogens with one attached hydrogen (secondary N) is 1. The molecule has 4 nitrogen and oxygen atoms in total. The molecule has 0 fully saturated rings. The average molecular weight is 269 g/mol. The van der Waals surface area contributed by atoms with Gasteiger partial charge in [0.05, 0.1) is 0 Å². The topological polar surface area (TPSA) is 81.1 Å². The smallest absolute Gasteiger partial charge is 0.255 e. The normalized spacial score (nSPS) is 10.2. The lowest BCUT2D eigenvalue weighted by Crippen LogP contribution is -2.12. The summed E-state index contributed by atoms with van der Waals surface area (Å²) in [5.74, 6) is -0.216. The lowest BCUT2D eigenvalue weighted by Gasteiger charge is -2.08. The van der Waals surface area contributed by atoms with Crippen molar-refractivity contribution >= 4 is 23.0 Å². The van der Waals surface area contributed by atoms with E-state index < -0.39 is 0 Å². The van der Waals surface area contributed by atoms with Crippen LogP contribution in [0.5, 0.6) is 0 Å². The van der Waals surface area contributed by atoms with Gasteiger partial charge in [0.2, 0.25) is 0 Å². The summed E-state index contributed by atoms with van der Waals surface area (Å²) in [6.45, 7) is 2.14. The molecule has 0 heterocycles. The minimum atomic E-state index is -0.216. The van der Waals surface area contributed by atoms with E-state index in [9.17, 15) is 4.79 Å². The second-order valence-corrected chi connectivity index (χ2v) is 4.79. The van der Waals surface area contributed by atoms with Crippen molar-refractivity contribution in [3.8, 4) is 0 Å². The summed E-state index contributed by atoms with van der Waals surface area (Å²) in [5.41, 5.74) is 14.8. The average Bonchev–Trinajstić information content (AvgIpc) is 2.40. The van der Waals surface area contributed by atoms with Crippen molar-refractivity contribution in [1.29, 1.82) is 0 Å². The maximum absolute atomic E-state index is 12.1. The Labute approximate surface area is 118 Å². The Morgan fingerprint density at radius 3 is 2.20 bits per heavy atom. The highest BCUT2D eigenvalue weighted by atomic mass is 16.1. The number of hydrogen-bond acceptors (Lipinski definition) is 3. The van der Waals surface area contributed by atoms with Crippen LogP contribution >= 0.6 is 0 Å². The molecule has 0 saturated heterocycles. The first-order valence-corrected chi connectivity index (χ1v) is 6.65. The third-order valence-corrected chi connectivity index (χ3v) is 2.99. The van der Waals surface area contributed by atoms with Gasteiger partial charge in [0.1, 0.15) is 0 Å². The Bertz CT molecular complexity index is 585. The summed E-state index contributed by atoms with van der Waals surface area (Å²) in [6, 6.07) is 12.7. The Morgan fingerprint density at radius 2 is 1.65 bits per heavy atom. The van der Waals surface area contributed by atoms with Gasteiger partial charge >= 0.3 is 0 Å². The van der Waals surface area contributed by atoms with Crippen molar-refractivity contribution in [1.82, 2.24) is 0 Å². The largest absolute Gasteiger partial charge is 0.399 e. The molecule has 0 radical (unpaired) electrons. The van der Waals surface area contributed by atoms with Gasteiger partial charge in [-0.25, -0.2) is 0 Å². The first-order valence-electron chi connectivity index (χ1n) is 6.65. The third kappa shape index (κ3) is 3.51. The maximum Gasteiger partial charge on any atom is 0.255 e. The van der Waals surface area contributed by atoms with E-state index in [1.807, 2.05) is 24.3 Å². The second kappa shape index (κ2) is 6.10. The van der Waals surface area contributed by atoms with E-state index in [0.717, 1.165) is 18.5 Å². The number of anilines is 3. The number of nitrogen functional groups attached to an aromatic ring is 2. The first-order chi connectivity index (χ1) is 9.58. The van der Waals surface area contributed by atoms with Gasteiger partial charge in [-0.1, -0.05) is 25.5 Å². The highest BCUT2D eigenvalue weighted by molar-refractivity contribution is 6.05. The predicted octanol–water partition coefficient (Wildman–Crippen LogP) is 3.06. The molecule has 0 spiro atoms. The molecule has 0 aliphatic carbocycles. The van der Waals surface area contributed by atoms with E-state index in [-0.39, 0.29) is 5.91 Å². The summed E-state index contributed by atoms with van der Waals surface area (Å²) in [7, 11) is 0. The summed E-state index contributed by atoms with van der Waals surface area (Å²) < 4.78 is 0. The molecule has 104 valence electrons. The van der Waals surface area contributed by atoms with E-state index in [4.69, 9.17) is 11.5 Å². The first kappa shape index (κ1) is 13.9. The number of hydrogen-bond donors (Lipinski definition) is 3. The fourth-order valence-electron chi connectivity index (χ4n) is 2.05. The zero-order chi connectivity index (χ0) is 14.5. The van der Waals surface area contributed by atoms with Crippen molar-refractivity contribution < 1.29 is 4.79 Å². The molecule has 2 aromatic carbocycles. The molecule has 0 aromatic heterocycles. The molecule has 0 saturated carbocycles. The van der Waals surface area contributed by atoms with Crippen LogP contribution in [0.1, 0.15) is 29.3 Å². The summed E-state index contributed by atoms with van der Waals surface area (Å²) >= 11 is 0. The molecule has 5 N–H and O–H groups in total. The maximum atomic E-state index is 12.1. The van der Waals surface area contributed by atoms with E-state index >= 15 is 0 Å². The van der Waals surface area contributed by atoms with Crippen LogP contribution in [0.15, 0.2) is 42.5 Å². The fourth-order valence-corrected chi connectivity index (χ4v) is 2.05. The van der Waals surface area contributed by atoms with Gasteiger partial charge in [-0.3, -0.25) is 4.79 Å². The molecule has 0 unspecified atom stereocenters. The van der Waals surface area contributed by atoms with Crippen LogP contribution < -0.4 is 16.8 Å². The van der Waals surface area contributed by atoms with Gasteiger partial charge in [0.25, 0.3) is 5.91 Å². The highest BCUT2D eigenvalue weighted by Crippen LogP contribution is 2.16. The summed E-state index contributed by atoms with van der Waals surface area (Å²) in [6.07, 6.45) is 2.15. The van der Waals surface area contributed by atoms with Crippen LogP contribution in [-0.2, 0) is 6.42 Å². The van der Waals surface area contributed by atoms with Crippen molar-refractivity contribution in [2.75, 3.05) is 16.8 Å². The highest BCUT2D eigenvalue weighted by Gasteiger charge is 2.07. The lowest BCUT2D eigenvalue weighted by molar-refractivity contribution is 0.102. The standard InChI is InChI=1S/C16H19N3O/c1-2-3-11-4-6-15(7-5-11)19-16(20)12-8-13(17)10-14(18)9-12/h4-10H,2-3,17-18H2,1H3,(H,19,20). The fraction of sp³-hybridized carbons (Fsp3) is 0.188. The van der Waals surface area contributed by atoms with Crippen molar-refractivity contribution in [3.05, 3.63) is 53.6 Å². The molecule has 2 aromatic rings. The minimum absolute atomic E-state index is 0.216. The van der Waals surface area contributed by atoms with Crippen LogP contribution in [0.25, 0.3) is 0 Å². The van der Waals surface area contributed by atoms with Crippen LogP contribution in [0.2, 0.25) is 0 Å². The minimum Gasteiger partial charge on any atom is -0.399 e. The van der Waals surface area contributed by atoms with Crippen molar-refractivity contribution in [2.24, 2.45) is 0 Å². The molecule has 4 heteroatoms. The van der Waals surface area contributed by atoms with E-state index in [0.29, 0.717) is 16.9 Å². The number of amides is 1. The number of carbonyl (C=O) groups is 1. The molecule has 0 bridgehead atoms. The third-order valence-electron chi connectivity index (χ3n) is 2.99. The Morgan fingerprint density at radius 1 is 1.05 bits per heavy atom. The van der Waals surface area contributed by atoms with Crippen molar-refractivity contribution in [2.45, 2.75) is 19.8 Å². The van der Waals surface area contributed by atoms with Gasteiger partial charge < -0.3 is 16.8 Å². The molecule has 0 aliphatic rings. The van der Waals surface area contributed by atoms with Gasteiger partial charge in [0.15, 0.2) is 0 Å². The number of nitrogens with two attached hydrogens (primary N) is 2. The number of benzene rings is 2. The predicted molar refractivity (Wildman–Crippen MR) is 83.7 cm³/mol. The number of rotatable bonds is 4. The van der Waals surface area contributed by atoms with Gasteiger partial charge in [-0.15, -0.1) is 0 Å². The van der Waals surface area contributed by atoms with E-state index in [2.05, 4.69) is 12.2 Å². The molecule has 0 aliphatic heterocycles. The Kier molecular flexibility index (Phi) is 4.25. The molecule has 2 rings (SSSR count). The Balaban J connectivity index is 2.10. The van der Waals surface area contributed by atoms with Crippen LogP contribution in [0, 0.1) is 0 Å². The molecule has 0 atom stereocenters. The van der Waals surface area contributed by atoms with Gasteiger partial charge in [-0.05, 0) is 42.3 Å². The quantitative estimate of drug-likeness (QED) is 0.746. The SMILES string of the molecule is CCCc1ccc(NC(=O)c2cc(N)cc(N)c2)cc1. The van der Waals surface area contributed by atoms with Crippen molar-refractivity contribution in [3.63, 3.8) is 0 Å². The van der Waals surface area contributed by atoms with Crippen LogP contribution in [-0.4, -0.2) is 5.91 Å². The van der Waals surface area contributed by atoms with E-state index in [1.165, 1.54) is 5.56 Å². The van der Waals surface area contributed by atoms with Crippen LogP contribution in [0.4, 0.5) is 17.1 Å².